The zero-order valence-corrected chi connectivity index (χ0v) is 16.7. The maximum atomic E-state index is 13.3. The third kappa shape index (κ3) is 2.72. The Balaban J connectivity index is 1.39. The van der Waals surface area contributed by atoms with Crippen molar-refractivity contribution in [2.45, 2.75) is 69.1 Å². The minimum absolute atomic E-state index is 0.112. The zero-order valence-electron chi connectivity index (χ0n) is 16.0. The summed E-state index contributed by atoms with van der Waals surface area (Å²) in [4.78, 5) is 15.4. The van der Waals surface area contributed by atoms with E-state index in [9.17, 15) is 9.90 Å². The molecule has 1 aromatic heterocycles. The summed E-state index contributed by atoms with van der Waals surface area (Å²) in [6, 6.07) is 6.43. The fraction of sp³-hybridized carbons (Fsp3) is 0.591. The van der Waals surface area contributed by atoms with Gasteiger partial charge in [0.05, 0.1) is 10.6 Å². The van der Waals surface area contributed by atoms with Crippen LogP contribution < -0.4 is 0 Å². The molecule has 0 spiro atoms. The minimum Gasteiger partial charge on any atom is -0.390 e. The normalized spacial score (nSPS) is 33.0. The van der Waals surface area contributed by atoms with Crippen LogP contribution in [0.2, 0.25) is 5.02 Å². The highest BCUT2D eigenvalue weighted by Crippen LogP contribution is 2.51. The van der Waals surface area contributed by atoms with Gasteiger partial charge in [-0.1, -0.05) is 24.6 Å². The van der Waals surface area contributed by atoms with E-state index < -0.39 is 5.60 Å². The van der Waals surface area contributed by atoms with Crippen molar-refractivity contribution >= 4 is 28.4 Å². The second-order valence-electron chi connectivity index (χ2n) is 9.22. The SMILES string of the molecule is CC(CC(=O)N1C2CC3C[C@@H]1CC(O)(C3)C2)c1cn(C)c2cccc(Cl)c12. The smallest absolute Gasteiger partial charge is 0.223 e. The Morgan fingerprint density at radius 1 is 1.30 bits per heavy atom. The fourth-order valence-corrected chi connectivity index (χ4v) is 6.56. The summed E-state index contributed by atoms with van der Waals surface area (Å²) in [5.74, 6) is 0.955. The Bertz CT molecular complexity index is 904. The highest BCUT2D eigenvalue weighted by Gasteiger charge is 2.54. The molecule has 4 unspecified atom stereocenters. The van der Waals surface area contributed by atoms with Crippen molar-refractivity contribution in [2.75, 3.05) is 0 Å². The highest BCUT2D eigenvalue weighted by molar-refractivity contribution is 6.35. The van der Waals surface area contributed by atoms with Crippen LogP contribution in [0.3, 0.4) is 0 Å². The number of fused-ring (bicyclic) bond motifs is 1. The second kappa shape index (κ2) is 5.99. The van der Waals surface area contributed by atoms with Crippen LogP contribution in [-0.4, -0.2) is 38.2 Å². The molecular weight excluding hydrogens is 360 g/mol. The maximum absolute atomic E-state index is 13.3. The lowest BCUT2D eigenvalue weighted by atomic mass is 9.61. The first-order valence-corrected chi connectivity index (χ1v) is 10.5. The Labute approximate surface area is 165 Å². The fourth-order valence-electron chi connectivity index (χ4n) is 6.28. The Morgan fingerprint density at radius 2 is 2.00 bits per heavy atom. The van der Waals surface area contributed by atoms with Crippen molar-refractivity contribution in [2.24, 2.45) is 13.0 Å². The molecular formula is C22H27ClN2O2. The van der Waals surface area contributed by atoms with Gasteiger partial charge in [-0.15, -0.1) is 0 Å². The van der Waals surface area contributed by atoms with Gasteiger partial charge in [0, 0.05) is 42.7 Å². The molecule has 2 saturated heterocycles. The van der Waals surface area contributed by atoms with Gasteiger partial charge in [-0.2, -0.15) is 0 Å². The molecule has 1 amide bonds. The number of hydrogen-bond acceptors (Lipinski definition) is 2. The van der Waals surface area contributed by atoms with Crippen molar-refractivity contribution in [3.05, 3.63) is 35.0 Å². The molecule has 1 aromatic carbocycles. The van der Waals surface area contributed by atoms with Crippen LogP contribution in [0.1, 0.15) is 56.9 Å². The molecule has 4 fully saturated rings. The van der Waals surface area contributed by atoms with E-state index in [0.29, 0.717) is 12.3 Å². The van der Waals surface area contributed by atoms with E-state index in [1.54, 1.807) is 0 Å². The molecule has 1 N–H and O–H groups in total. The number of aryl methyl sites for hydroxylation is 1. The number of aliphatic hydroxyl groups is 1. The first-order valence-electron chi connectivity index (χ1n) is 10.1. The second-order valence-corrected chi connectivity index (χ2v) is 9.62. The number of carbonyl (C=O) groups excluding carboxylic acids is 1. The standard InChI is InChI=1S/C22H27ClN2O2/c1-13(17-12-24(2)19-5-3-4-18(23)21(17)19)6-20(26)25-15-7-14-8-16(25)11-22(27,9-14)10-15/h3-5,12-16,27H,6-11H2,1-2H3/t13?,14?,15-,16?,22?/m1/s1. The molecule has 5 atom stereocenters. The number of hydrogen-bond donors (Lipinski definition) is 1. The van der Waals surface area contributed by atoms with Crippen LogP contribution in [0, 0.1) is 5.92 Å². The van der Waals surface area contributed by atoms with Gasteiger partial charge in [-0.05, 0) is 61.6 Å². The van der Waals surface area contributed by atoms with Crippen LogP contribution in [0.4, 0.5) is 0 Å². The number of rotatable bonds is 3. The maximum Gasteiger partial charge on any atom is 0.223 e. The summed E-state index contributed by atoms with van der Waals surface area (Å²) in [6.45, 7) is 2.13. The summed E-state index contributed by atoms with van der Waals surface area (Å²) < 4.78 is 2.09. The van der Waals surface area contributed by atoms with Crippen molar-refractivity contribution < 1.29 is 9.90 Å². The van der Waals surface area contributed by atoms with Crippen LogP contribution in [0.5, 0.6) is 0 Å². The molecule has 5 heteroatoms. The average Bonchev–Trinajstić information content (AvgIpc) is 2.91. The van der Waals surface area contributed by atoms with Gasteiger partial charge in [0.25, 0.3) is 0 Å². The third-order valence-electron chi connectivity index (χ3n) is 7.19. The predicted molar refractivity (Wildman–Crippen MR) is 107 cm³/mol. The number of carbonyl (C=O) groups is 1. The van der Waals surface area contributed by atoms with Crippen LogP contribution in [-0.2, 0) is 11.8 Å². The third-order valence-corrected chi connectivity index (χ3v) is 7.51. The number of halogens is 1. The van der Waals surface area contributed by atoms with Gasteiger partial charge in [0.1, 0.15) is 0 Å². The van der Waals surface area contributed by atoms with E-state index >= 15 is 0 Å². The lowest BCUT2D eigenvalue weighted by Gasteiger charge is -2.59. The van der Waals surface area contributed by atoms with E-state index in [1.165, 1.54) is 0 Å². The van der Waals surface area contributed by atoms with Gasteiger partial charge in [0.2, 0.25) is 5.91 Å². The number of nitrogens with zero attached hydrogens (tertiary/aromatic N) is 2. The quantitative estimate of drug-likeness (QED) is 0.857. The first-order chi connectivity index (χ1) is 12.8. The van der Waals surface area contributed by atoms with Crippen molar-refractivity contribution in [1.82, 2.24) is 9.47 Å². The molecule has 3 heterocycles. The number of amides is 1. The highest BCUT2D eigenvalue weighted by atomic mass is 35.5. The van der Waals surface area contributed by atoms with Gasteiger partial charge in [-0.3, -0.25) is 4.79 Å². The first kappa shape index (κ1) is 17.6. The Morgan fingerprint density at radius 3 is 2.67 bits per heavy atom. The Hall–Kier alpha value is -1.52. The molecule has 4 bridgehead atoms. The summed E-state index contributed by atoms with van der Waals surface area (Å²) in [7, 11) is 2.03. The molecule has 0 radical (unpaired) electrons. The van der Waals surface area contributed by atoms with Crippen molar-refractivity contribution in [3.63, 3.8) is 0 Å². The zero-order chi connectivity index (χ0) is 18.9. The minimum atomic E-state index is -0.512. The van der Waals surface area contributed by atoms with Gasteiger partial charge in [0.15, 0.2) is 0 Å². The van der Waals surface area contributed by atoms with Gasteiger partial charge in [-0.25, -0.2) is 0 Å². The number of benzene rings is 1. The largest absolute Gasteiger partial charge is 0.390 e. The van der Waals surface area contributed by atoms with E-state index in [-0.39, 0.29) is 23.9 Å². The predicted octanol–water partition coefficient (Wildman–Crippen LogP) is 4.23. The van der Waals surface area contributed by atoms with E-state index in [2.05, 4.69) is 28.7 Å². The topological polar surface area (TPSA) is 45.5 Å². The number of aromatic nitrogens is 1. The van der Waals surface area contributed by atoms with E-state index in [4.69, 9.17) is 11.6 Å². The monoisotopic (exact) mass is 386 g/mol. The summed E-state index contributed by atoms with van der Waals surface area (Å²) in [6.07, 6.45) is 7.22. The summed E-state index contributed by atoms with van der Waals surface area (Å²) in [5.41, 5.74) is 1.74. The summed E-state index contributed by atoms with van der Waals surface area (Å²) in [5, 5.41) is 12.6. The van der Waals surface area contributed by atoms with E-state index in [0.717, 1.165) is 53.6 Å². The van der Waals surface area contributed by atoms with Crippen molar-refractivity contribution in [1.29, 1.82) is 0 Å². The lowest BCUT2D eigenvalue weighted by Crippen LogP contribution is -2.65. The average molecular weight is 387 g/mol. The summed E-state index contributed by atoms with van der Waals surface area (Å²) >= 11 is 6.48. The number of piperidine rings is 2. The van der Waals surface area contributed by atoms with Crippen LogP contribution >= 0.6 is 11.6 Å². The van der Waals surface area contributed by atoms with Crippen molar-refractivity contribution in [3.8, 4) is 0 Å². The molecule has 27 heavy (non-hydrogen) atoms. The molecule has 2 aromatic rings. The Kier molecular flexibility index (Phi) is 3.90. The van der Waals surface area contributed by atoms with E-state index in [1.807, 2.05) is 19.2 Å². The molecule has 2 aliphatic carbocycles. The molecule has 4 aliphatic rings. The van der Waals surface area contributed by atoms with Crippen LogP contribution in [0.25, 0.3) is 10.9 Å². The molecule has 2 saturated carbocycles. The molecule has 4 nitrogen and oxygen atoms in total. The molecule has 6 rings (SSSR count). The van der Waals surface area contributed by atoms with Gasteiger partial charge < -0.3 is 14.6 Å². The van der Waals surface area contributed by atoms with Gasteiger partial charge >= 0.3 is 0 Å². The lowest BCUT2D eigenvalue weighted by molar-refractivity contribution is -0.174. The molecule has 2 aliphatic heterocycles. The van der Waals surface area contributed by atoms with Crippen LogP contribution in [0.15, 0.2) is 24.4 Å². The molecule has 144 valence electrons.